The Hall–Kier alpha value is -3.12. The summed E-state index contributed by atoms with van der Waals surface area (Å²) < 4.78 is 11.1. The number of carbonyl (C=O) groups is 2. The molecule has 3 rings (SSSR count). The number of Topliss-reactive ketones (excluding diaryl/α,β-unsaturated/α-hetero) is 1. The smallest absolute Gasteiger partial charge is 0.295 e. The molecule has 34 heavy (non-hydrogen) atoms. The molecule has 1 atom stereocenters. The number of ketones is 1. The molecule has 1 heterocycles. The van der Waals surface area contributed by atoms with Gasteiger partial charge < -0.3 is 19.5 Å². The van der Waals surface area contributed by atoms with Gasteiger partial charge in [-0.25, -0.2) is 0 Å². The van der Waals surface area contributed by atoms with Crippen LogP contribution in [0.4, 0.5) is 0 Å². The topological polar surface area (TPSA) is 76.1 Å². The maximum atomic E-state index is 13.2. The van der Waals surface area contributed by atoms with Crippen molar-refractivity contribution in [3.63, 3.8) is 0 Å². The summed E-state index contributed by atoms with van der Waals surface area (Å²) >= 11 is 0. The van der Waals surface area contributed by atoms with Crippen LogP contribution < -0.4 is 4.74 Å². The van der Waals surface area contributed by atoms with E-state index in [1.165, 1.54) is 4.90 Å². The third-order valence-corrected chi connectivity index (χ3v) is 6.24. The molecule has 1 fully saturated rings. The molecule has 0 aromatic heterocycles. The third-order valence-electron chi connectivity index (χ3n) is 6.24. The van der Waals surface area contributed by atoms with Crippen molar-refractivity contribution in [1.82, 2.24) is 4.90 Å². The van der Waals surface area contributed by atoms with E-state index in [1.54, 1.807) is 13.2 Å². The predicted octanol–water partition coefficient (Wildman–Crippen LogP) is 5.28. The van der Waals surface area contributed by atoms with E-state index in [4.69, 9.17) is 9.47 Å². The Kier molecular flexibility index (Phi) is 7.82. The SMILES string of the molecule is COc1cc(C)c(/C(O)=C2\C(=O)C(=O)N(CCOC(C)C)C2c2ccc(C(C)C)cc2)cc1C. The van der Waals surface area contributed by atoms with E-state index in [-0.39, 0.29) is 24.0 Å². The average Bonchev–Trinajstić information content (AvgIpc) is 3.04. The van der Waals surface area contributed by atoms with Gasteiger partial charge in [-0.15, -0.1) is 0 Å². The normalized spacial score (nSPS) is 17.8. The largest absolute Gasteiger partial charge is 0.507 e. The van der Waals surface area contributed by atoms with Gasteiger partial charge in [0.05, 0.1) is 31.4 Å². The fraction of sp³-hybridized carbons (Fsp3) is 0.429. The number of hydrogen-bond acceptors (Lipinski definition) is 5. The Morgan fingerprint density at radius 3 is 2.24 bits per heavy atom. The highest BCUT2D eigenvalue weighted by Gasteiger charge is 2.46. The second-order valence-electron chi connectivity index (χ2n) is 9.37. The standard InChI is InChI=1S/C28H35NO5/c1-16(2)20-8-10-21(11-9-20)25-24(27(31)28(32)29(25)12-13-34-17(3)4)26(30)22-14-19(6)23(33-7)15-18(22)5/h8-11,14-17,25,30H,12-13H2,1-7H3/b26-24+. The summed E-state index contributed by atoms with van der Waals surface area (Å²) in [4.78, 5) is 27.8. The van der Waals surface area contributed by atoms with E-state index in [0.717, 1.165) is 22.3 Å². The van der Waals surface area contributed by atoms with Crippen molar-refractivity contribution in [2.24, 2.45) is 0 Å². The van der Waals surface area contributed by atoms with Crippen LogP contribution in [0, 0.1) is 13.8 Å². The first-order valence-corrected chi connectivity index (χ1v) is 11.7. The summed E-state index contributed by atoms with van der Waals surface area (Å²) in [6, 6.07) is 10.8. The number of carbonyl (C=O) groups excluding carboxylic acids is 2. The van der Waals surface area contributed by atoms with Crippen LogP contribution in [0.3, 0.4) is 0 Å². The lowest BCUT2D eigenvalue weighted by atomic mass is 9.92. The number of likely N-dealkylation sites (tertiary alicyclic amines) is 1. The molecule has 1 amide bonds. The molecule has 0 radical (unpaired) electrons. The minimum Gasteiger partial charge on any atom is -0.507 e. The summed E-state index contributed by atoms with van der Waals surface area (Å²) in [6.07, 6.45) is 0.00511. The molecule has 1 aliphatic rings. The van der Waals surface area contributed by atoms with E-state index < -0.39 is 17.7 Å². The second-order valence-corrected chi connectivity index (χ2v) is 9.37. The van der Waals surface area contributed by atoms with Gasteiger partial charge >= 0.3 is 0 Å². The highest BCUT2D eigenvalue weighted by atomic mass is 16.5. The second kappa shape index (κ2) is 10.4. The van der Waals surface area contributed by atoms with Crippen molar-refractivity contribution in [1.29, 1.82) is 0 Å². The summed E-state index contributed by atoms with van der Waals surface area (Å²) in [5.74, 6) is -0.444. The fourth-order valence-electron chi connectivity index (χ4n) is 4.32. The fourth-order valence-corrected chi connectivity index (χ4v) is 4.32. The molecule has 0 saturated carbocycles. The molecule has 2 aromatic rings. The van der Waals surface area contributed by atoms with Gasteiger partial charge in [0.1, 0.15) is 11.5 Å². The summed E-state index contributed by atoms with van der Waals surface area (Å²) in [5.41, 5.74) is 4.12. The molecule has 0 bridgehead atoms. The van der Waals surface area contributed by atoms with Crippen LogP contribution in [0.5, 0.6) is 5.75 Å². The molecule has 6 nitrogen and oxygen atoms in total. The van der Waals surface area contributed by atoms with Crippen LogP contribution in [0.2, 0.25) is 0 Å². The lowest BCUT2D eigenvalue weighted by Crippen LogP contribution is -2.33. The first-order valence-electron chi connectivity index (χ1n) is 11.7. The Balaban J connectivity index is 2.15. The van der Waals surface area contributed by atoms with E-state index >= 15 is 0 Å². The van der Waals surface area contributed by atoms with Gasteiger partial charge in [0.15, 0.2) is 0 Å². The number of hydrogen-bond donors (Lipinski definition) is 1. The van der Waals surface area contributed by atoms with Crippen molar-refractivity contribution in [2.75, 3.05) is 20.3 Å². The molecule has 2 aromatic carbocycles. The summed E-state index contributed by atoms with van der Waals surface area (Å²) in [7, 11) is 1.59. The van der Waals surface area contributed by atoms with Crippen LogP contribution in [0.25, 0.3) is 5.76 Å². The molecular weight excluding hydrogens is 430 g/mol. The molecule has 1 saturated heterocycles. The number of methoxy groups -OCH3 is 1. The van der Waals surface area contributed by atoms with E-state index in [2.05, 4.69) is 13.8 Å². The molecular formula is C28H35NO5. The number of aliphatic hydroxyl groups excluding tert-OH is 1. The first kappa shape index (κ1) is 25.5. The summed E-state index contributed by atoms with van der Waals surface area (Å²) in [5, 5.41) is 11.4. The Labute approximate surface area is 202 Å². The zero-order valence-electron chi connectivity index (χ0n) is 21.1. The molecule has 6 heteroatoms. The highest BCUT2D eigenvalue weighted by molar-refractivity contribution is 6.46. The minimum atomic E-state index is -0.696. The van der Waals surface area contributed by atoms with Gasteiger partial charge in [0, 0.05) is 12.1 Å². The zero-order chi connectivity index (χ0) is 25.2. The maximum Gasteiger partial charge on any atom is 0.295 e. The monoisotopic (exact) mass is 465 g/mol. The molecule has 1 N–H and O–H groups in total. The third kappa shape index (κ3) is 5.02. The average molecular weight is 466 g/mol. The van der Waals surface area contributed by atoms with Gasteiger partial charge in [-0.05, 0) is 68.0 Å². The van der Waals surface area contributed by atoms with Gasteiger partial charge in [0.25, 0.3) is 11.7 Å². The van der Waals surface area contributed by atoms with Crippen LogP contribution in [-0.4, -0.2) is 48.1 Å². The van der Waals surface area contributed by atoms with Crippen LogP contribution in [0.15, 0.2) is 42.0 Å². The van der Waals surface area contributed by atoms with Crippen molar-refractivity contribution >= 4 is 17.4 Å². The number of benzene rings is 2. The number of amides is 1. The van der Waals surface area contributed by atoms with Crippen LogP contribution in [0.1, 0.15) is 67.5 Å². The minimum absolute atomic E-state index is 0.00511. The van der Waals surface area contributed by atoms with Crippen LogP contribution >= 0.6 is 0 Å². The van der Waals surface area contributed by atoms with Gasteiger partial charge in [0.2, 0.25) is 0 Å². The maximum absolute atomic E-state index is 13.2. The van der Waals surface area contributed by atoms with Gasteiger partial charge in [-0.1, -0.05) is 38.1 Å². The van der Waals surface area contributed by atoms with Crippen molar-refractivity contribution < 1.29 is 24.2 Å². The Morgan fingerprint density at radius 1 is 1.03 bits per heavy atom. The van der Waals surface area contributed by atoms with Gasteiger partial charge in [-0.3, -0.25) is 9.59 Å². The lowest BCUT2D eigenvalue weighted by molar-refractivity contribution is -0.140. The number of aliphatic hydroxyl groups is 1. The number of aryl methyl sites for hydroxylation is 2. The molecule has 1 aliphatic heterocycles. The lowest BCUT2D eigenvalue weighted by Gasteiger charge is -2.26. The first-order chi connectivity index (χ1) is 16.1. The molecule has 0 spiro atoms. The van der Waals surface area contributed by atoms with E-state index in [9.17, 15) is 14.7 Å². The predicted molar refractivity (Wildman–Crippen MR) is 133 cm³/mol. The molecule has 1 unspecified atom stereocenters. The van der Waals surface area contributed by atoms with Crippen molar-refractivity contribution in [3.05, 3.63) is 69.8 Å². The number of ether oxygens (including phenoxy) is 2. The quantitative estimate of drug-likeness (QED) is 0.326. The van der Waals surface area contributed by atoms with E-state index in [0.29, 0.717) is 23.8 Å². The van der Waals surface area contributed by atoms with Crippen LogP contribution in [-0.2, 0) is 14.3 Å². The Bertz CT molecular complexity index is 1100. The Morgan fingerprint density at radius 2 is 1.68 bits per heavy atom. The molecule has 0 aliphatic carbocycles. The van der Waals surface area contributed by atoms with Crippen molar-refractivity contribution in [3.8, 4) is 5.75 Å². The number of rotatable bonds is 8. The number of nitrogens with zero attached hydrogens (tertiary/aromatic N) is 1. The van der Waals surface area contributed by atoms with E-state index in [1.807, 2.05) is 58.0 Å². The zero-order valence-corrected chi connectivity index (χ0v) is 21.1. The summed E-state index contributed by atoms with van der Waals surface area (Å²) in [6.45, 7) is 12.3. The molecule has 182 valence electrons. The van der Waals surface area contributed by atoms with Gasteiger partial charge in [-0.2, -0.15) is 0 Å². The van der Waals surface area contributed by atoms with Crippen molar-refractivity contribution in [2.45, 2.75) is 59.6 Å². The highest BCUT2D eigenvalue weighted by Crippen LogP contribution is 2.40.